The van der Waals surface area contributed by atoms with Crippen LogP contribution in [0.4, 0.5) is 26.3 Å². The number of amides is 1. The largest absolute Gasteiger partial charge is 0.483 e. The number of alkyl halides is 6. The molecule has 0 aliphatic heterocycles. The summed E-state index contributed by atoms with van der Waals surface area (Å²) >= 11 is 6.11. The Kier molecular flexibility index (Phi) is 6.56. The first-order valence-electron chi connectivity index (χ1n) is 8.93. The van der Waals surface area contributed by atoms with Crippen molar-refractivity contribution in [2.24, 2.45) is 5.73 Å². The third kappa shape index (κ3) is 5.62. The number of nitrogens with one attached hydrogen (secondary N) is 1. The van der Waals surface area contributed by atoms with E-state index in [2.05, 4.69) is 4.98 Å². The summed E-state index contributed by atoms with van der Waals surface area (Å²) in [6.07, 6.45) is -6.65. The lowest BCUT2D eigenvalue weighted by Crippen LogP contribution is -2.46. The Hall–Kier alpha value is -2.99. The Balaban J connectivity index is 1.95. The van der Waals surface area contributed by atoms with Gasteiger partial charge in [-0.3, -0.25) is 4.79 Å². The molecular formula is C19H15ClF6N4O2. The first-order chi connectivity index (χ1) is 14.8. The molecule has 2 aromatic heterocycles. The highest BCUT2D eigenvalue weighted by molar-refractivity contribution is 6.31. The van der Waals surface area contributed by atoms with Crippen molar-refractivity contribution < 1.29 is 35.9 Å². The topological polar surface area (TPSA) is 81.7 Å². The number of carbonyl (C=O) groups excluding carboxylic acids is 1. The van der Waals surface area contributed by atoms with Crippen LogP contribution in [0.5, 0.6) is 5.75 Å². The summed E-state index contributed by atoms with van der Waals surface area (Å²) in [6, 6.07) is 5.00. The Bertz CT molecular complexity index is 1130. The summed E-state index contributed by atoms with van der Waals surface area (Å²) in [7, 11) is 0. The van der Waals surface area contributed by atoms with E-state index in [4.69, 9.17) is 22.1 Å². The second-order valence-corrected chi connectivity index (χ2v) is 7.12. The van der Waals surface area contributed by atoms with E-state index < -0.39 is 37.5 Å². The molecule has 1 unspecified atom stereocenters. The van der Waals surface area contributed by atoms with E-state index in [9.17, 15) is 31.1 Å². The van der Waals surface area contributed by atoms with Crippen LogP contribution in [0.3, 0.4) is 0 Å². The van der Waals surface area contributed by atoms with Gasteiger partial charge in [0, 0.05) is 30.1 Å². The molecule has 1 amide bonds. The van der Waals surface area contributed by atoms with E-state index in [1.807, 2.05) is 5.32 Å². The summed E-state index contributed by atoms with van der Waals surface area (Å²) in [5.74, 6) is -1.02. The minimum Gasteiger partial charge on any atom is -0.483 e. The molecule has 0 aliphatic rings. The van der Waals surface area contributed by atoms with Crippen molar-refractivity contribution in [2.75, 3.05) is 13.2 Å². The van der Waals surface area contributed by atoms with Crippen LogP contribution in [-0.4, -0.2) is 46.8 Å². The molecule has 3 rings (SSSR count). The van der Waals surface area contributed by atoms with Crippen LogP contribution in [0.2, 0.25) is 5.02 Å². The third-order valence-electron chi connectivity index (χ3n) is 4.22. The fraction of sp³-hybridized carbons (Fsp3) is 0.263. The molecule has 1 aromatic carbocycles. The molecule has 172 valence electrons. The number of benzene rings is 1. The minimum absolute atomic E-state index is 0.0980. The van der Waals surface area contributed by atoms with Crippen LogP contribution in [0.25, 0.3) is 16.8 Å². The molecule has 0 saturated heterocycles. The maximum absolute atomic E-state index is 12.6. The van der Waals surface area contributed by atoms with Gasteiger partial charge < -0.3 is 20.2 Å². The van der Waals surface area contributed by atoms with Gasteiger partial charge in [-0.05, 0) is 12.1 Å². The van der Waals surface area contributed by atoms with Gasteiger partial charge in [0.05, 0.1) is 5.02 Å². The molecule has 2 heterocycles. The maximum Gasteiger partial charge on any atom is 0.422 e. The highest BCUT2D eigenvalue weighted by Gasteiger charge is 2.36. The van der Waals surface area contributed by atoms with E-state index in [1.54, 1.807) is 6.07 Å². The molecule has 0 aliphatic carbocycles. The van der Waals surface area contributed by atoms with Gasteiger partial charge in [-0.2, -0.15) is 26.3 Å². The number of halogens is 7. The molecule has 1 atom stereocenters. The van der Waals surface area contributed by atoms with E-state index >= 15 is 0 Å². The minimum atomic E-state index is -4.69. The Morgan fingerprint density at radius 2 is 1.84 bits per heavy atom. The van der Waals surface area contributed by atoms with Crippen molar-refractivity contribution in [1.82, 2.24) is 14.7 Å². The Morgan fingerprint density at radius 3 is 2.50 bits per heavy atom. The summed E-state index contributed by atoms with van der Waals surface area (Å²) in [4.78, 5) is 16.4. The molecule has 13 heteroatoms. The van der Waals surface area contributed by atoms with Gasteiger partial charge in [0.25, 0.3) is 5.91 Å². The number of imidazole rings is 1. The number of hydrogen-bond donors (Lipinski definition) is 2. The highest BCUT2D eigenvalue weighted by Crippen LogP contribution is 2.35. The van der Waals surface area contributed by atoms with Gasteiger partial charge in [0.15, 0.2) is 6.61 Å². The standard InChI is InChI=1S/C19H15ClF6N4O2/c20-10-5-12(11-3-1-2-4-14(11)32-9-18(21,22)23)16-29-13(8-30(16)7-10)17(31)28-6-15(27)19(24,25)26/h1-5,7-8,15H,6,9,27H2,(H,28,31). The number of nitrogens with zero attached hydrogens (tertiary/aromatic N) is 2. The summed E-state index contributed by atoms with van der Waals surface area (Å²) in [6.45, 7) is -2.39. The molecule has 3 N–H and O–H groups in total. The zero-order chi connectivity index (χ0) is 23.7. The number of ether oxygens (including phenoxy) is 1. The van der Waals surface area contributed by atoms with E-state index in [0.29, 0.717) is 0 Å². The van der Waals surface area contributed by atoms with Crippen LogP contribution in [0, 0.1) is 0 Å². The Labute approximate surface area is 181 Å². The van der Waals surface area contributed by atoms with E-state index in [0.717, 1.165) is 0 Å². The summed E-state index contributed by atoms with van der Waals surface area (Å²) < 4.78 is 81.6. The molecule has 32 heavy (non-hydrogen) atoms. The Morgan fingerprint density at radius 1 is 1.16 bits per heavy atom. The lowest BCUT2D eigenvalue weighted by molar-refractivity contribution is -0.153. The van der Waals surface area contributed by atoms with Crippen LogP contribution in [-0.2, 0) is 0 Å². The molecule has 0 spiro atoms. The van der Waals surface area contributed by atoms with Gasteiger partial charge in [-0.1, -0.05) is 29.8 Å². The second-order valence-electron chi connectivity index (χ2n) is 6.69. The first kappa shape index (κ1) is 23.7. The van der Waals surface area contributed by atoms with E-state index in [-0.39, 0.29) is 33.2 Å². The quantitative estimate of drug-likeness (QED) is 0.518. The van der Waals surface area contributed by atoms with Crippen LogP contribution in [0.15, 0.2) is 42.7 Å². The van der Waals surface area contributed by atoms with E-state index in [1.165, 1.54) is 41.1 Å². The van der Waals surface area contributed by atoms with Crippen LogP contribution < -0.4 is 15.8 Å². The lowest BCUT2D eigenvalue weighted by atomic mass is 10.1. The molecule has 0 saturated carbocycles. The number of nitrogens with two attached hydrogens (primary N) is 1. The fourth-order valence-corrected chi connectivity index (χ4v) is 2.97. The van der Waals surface area contributed by atoms with Gasteiger partial charge in [-0.15, -0.1) is 0 Å². The molecule has 0 bridgehead atoms. The van der Waals surface area contributed by atoms with Gasteiger partial charge >= 0.3 is 12.4 Å². The van der Waals surface area contributed by atoms with Gasteiger partial charge in [-0.25, -0.2) is 4.98 Å². The van der Waals surface area contributed by atoms with Crippen LogP contribution in [0.1, 0.15) is 10.5 Å². The second kappa shape index (κ2) is 8.87. The van der Waals surface area contributed by atoms with Crippen molar-refractivity contribution in [2.45, 2.75) is 18.4 Å². The van der Waals surface area contributed by atoms with Crippen molar-refractivity contribution in [3.05, 3.63) is 53.4 Å². The normalized spacial score (nSPS) is 13.2. The predicted octanol–water partition coefficient (Wildman–Crippen LogP) is 4.22. The number of para-hydroxylation sites is 1. The van der Waals surface area contributed by atoms with Gasteiger partial charge in [0.2, 0.25) is 0 Å². The van der Waals surface area contributed by atoms with Crippen molar-refractivity contribution in [3.63, 3.8) is 0 Å². The smallest absolute Gasteiger partial charge is 0.422 e. The maximum atomic E-state index is 12.6. The lowest BCUT2D eigenvalue weighted by Gasteiger charge is -2.15. The fourth-order valence-electron chi connectivity index (χ4n) is 2.76. The SMILES string of the molecule is NC(CNC(=O)c1cn2cc(Cl)cc(-c3ccccc3OCC(F)(F)F)c2n1)C(F)(F)F. The van der Waals surface area contributed by atoms with Crippen LogP contribution >= 0.6 is 11.6 Å². The number of rotatable bonds is 6. The summed E-state index contributed by atoms with van der Waals surface area (Å²) in [5.41, 5.74) is 5.33. The molecule has 0 radical (unpaired) electrons. The zero-order valence-corrected chi connectivity index (χ0v) is 16.7. The molecule has 0 fully saturated rings. The average molecular weight is 481 g/mol. The first-order valence-corrected chi connectivity index (χ1v) is 9.30. The average Bonchev–Trinajstić information content (AvgIpc) is 3.12. The monoisotopic (exact) mass is 480 g/mol. The number of hydrogen-bond acceptors (Lipinski definition) is 4. The number of aromatic nitrogens is 2. The number of fused-ring (bicyclic) bond motifs is 1. The third-order valence-corrected chi connectivity index (χ3v) is 4.43. The van der Waals surface area contributed by atoms with Crippen molar-refractivity contribution >= 4 is 23.2 Å². The van der Waals surface area contributed by atoms with Gasteiger partial charge in [0.1, 0.15) is 23.1 Å². The number of carbonyl (C=O) groups is 1. The molecule has 6 nitrogen and oxygen atoms in total. The zero-order valence-electron chi connectivity index (χ0n) is 16.0. The van der Waals surface area contributed by atoms with Crippen molar-refractivity contribution in [3.8, 4) is 16.9 Å². The summed E-state index contributed by atoms with van der Waals surface area (Å²) in [5, 5.41) is 2.21. The predicted molar refractivity (Wildman–Crippen MR) is 104 cm³/mol. The molecular weight excluding hydrogens is 466 g/mol. The highest BCUT2D eigenvalue weighted by atomic mass is 35.5. The van der Waals surface area contributed by atoms with Crippen molar-refractivity contribution in [1.29, 1.82) is 0 Å². The molecule has 3 aromatic rings. The number of pyridine rings is 1.